The Balaban J connectivity index is 2.30. The Morgan fingerprint density at radius 1 is 1.37 bits per heavy atom. The monoisotopic (exact) mass is 275 g/mol. The fraction of sp³-hybridized carbons (Fsp3) is 0.500. The summed E-state index contributed by atoms with van der Waals surface area (Å²) in [5.41, 5.74) is 7.99. The maximum Gasteiger partial charge on any atom is 0.227 e. The molecule has 1 aromatic rings. The van der Waals surface area contributed by atoms with Crippen molar-refractivity contribution in [2.45, 2.75) is 43.6 Å². The number of nitriles is 1. The van der Waals surface area contributed by atoms with Crippen molar-refractivity contribution in [3.05, 3.63) is 22.9 Å². The summed E-state index contributed by atoms with van der Waals surface area (Å²) >= 11 is 1.26. The van der Waals surface area contributed by atoms with Gasteiger partial charge in [-0.15, -0.1) is 0 Å². The first-order chi connectivity index (χ1) is 9.20. The Kier molecular flexibility index (Phi) is 4.80. The summed E-state index contributed by atoms with van der Waals surface area (Å²) in [6.45, 7) is 0. The second-order valence-corrected chi connectivity index (χ2v) is 5.69. The molecule has 19 heavy (non-hydrogen) atoms. The van der Waals surface area contributed by atoms with Gasteiger partial charge in [-0.3, -0.25) is 4.79 Å². The SMILES string of the molecule is N#Cc1cc2c(nc1SCC(N)=O)CCCCCC2. The van der Waals surface area contributed by atoms with Gasteiger partial charge >= 0.3 is 0 Å². The number of nitrogens with two attached hydrogens (primary N) is 1. The average Bonchev–Trinajstić information content (AvgIpc) is 2.37. The van der Waals surface area contributed by atoms with E-state index >= 15 is 0 Å². The summed E-state index contributed by atoms with van der Waals surface area (Å²) in [6, 6.07) is 4.11. The van der Waals surface area contributed by atoms with Gasteiger partial charge in [0.15, 0.2) is 0 Å². The zero-order valence-electron chi connectivity index (χ0n) is 10.8. The van der Waals surface area contributed by atoms with E-state index in [2.05, 4.69) is 11.1 Å². The molecule has 0 bridgehead atoms. The van der Waals surface area contributed by atoms with Gasteiger partial charge in [0.2, 0.25) is 5.91 Å². The predicted octanol–water partition coefficient (Wildman–Crippen LogP) is 2.19. The van der Waals surface area contributed by atoms with Crippen molar-refractivity contribution in [1.29, 1.82) is 5.26 Å². The summed E-state index contributed by atoms with van der Waals surface area (Å²) < 4.78 is 0. The quantitative estimate of drug-likeness (QED) is 0.857. The molecule has 2 N–H and O–H groups in total. The molecular formula is C14H17N3OS. The Labute approximate surface area is 117 Å². The van der Waals surface area contributed by atoms with Crippen LogP contribution in [0.15, 0.2) is 11.1 Å². The molecule has 0 spiro atoms. The Morgan fingerprint density at radius 2 is 2.11 bits per heavy atom. The number of pyridine rings is 1. The Morgan fingerprint density at radius 3 is 2.79 bits per heavy atom. The topological polar surface area (TPSA) is 79.8 Å². The molecule has 1 amide bonds. The Hall–Kier alpha value is -1.54. The molecule has 100 valence electrons. The highest BCUT2D eigenvalue weighted by Crippen LogP contribution is 2.26. The second-order valence-electron chi connectivity index (χ2n) is 4.73. The summed E-state index contributed by atoms with van der Waals surface area (Å²) in [4.78, 5) is 15.4. The molecule has 0 unspecified atom stereocenters. The van der Waals surface area contributed by atoms with E-state index in [0.29, 0.717) is 10.6 Å². The van der Waals surface area contributed by atoms with Gasteiger partial charge in [0, 0.05) is 5.69 Å². The molecule has 1 aliphatic carbocycles. The third kappa shape index (κ3) is 3.71. The zero-order valence-corrected chi connectivity index (χ0v) is 11.6. The van der Waals surface area contributed by atoms with E-state index in [9.17, 15) is 10.1 Å². The molecule has 0 saturated heterocycles. The van der Waals surface area contributed by atoms with Crippen molar-refractivity contribution >= 4 is 17.7 Å². The van der Waals surface area contributed by atoms with Crippen molar-refractivity contribution in [3.8, 4) is 6.07 Å². The van der Waals surface area contributed by atoms with E-state index in [0.717, 1.165) is 31.4 Å². The first-order valence-corrected chi connectivity index (χ1v) is 7.53. The normalized spacial score (nSPS) is 14.9. The van der Waals surface area contributed by atoms with Gasteiger partial charge in [0.1, 0.15) is 11.1 Å². The summed E-state index contributed by atoms with van der Waals surface area (Å²) in [6.07, 6.45) is 6.76. The number of carbonyl (C=O) groups excluding carboxylic acids is 1. The van der Waals surface area contributed by atoms with Crippen LogP contribution in [0.2, 0.25) is 0 Å². The summed E-state index contributed by atoms with van der Waals surface area (Å²) in [5, 5.41) is 9.83. The lowest BCUT2D eigenvalue weighted by Crippen LogP contribution is -2.13. The minimum atomic E-state index is -0.387. The number of rotatable bonds is 3. The highest BCUT2D eigenvalue weighted by Gasteiger charge is 2.14. The average molecular weight is 275 g/mol. The molecule has 1 aromatic heterocycles. The van der Waals surface area contributed by atoms with E-state index in [-0.39, 0.29) is 11.7 Å². The molecular weight excluding hydrogens is 258 g/mol. The lowest BCUT2D eigenvalue weighted by molar-refractivity contribution is -0.115. The lowest BCUT2D eigenvalue weighted by Gasteiger charge is -2.14. The fourth-order valence-corrected chi connectivity index (χ4v) is 3.01. The van der Waals surface area contributed by atoms with Crippen LogP contribution in [-0.4, -0.2) is 16.6 Å². The van der Waals surface area contributed by atoms with E-state index in [1.54, 1.807) is 0 Å². The zero-order chi connectivity index (χ0) is 13.7. The number of aryl methyl sites for hydroxylation is 2. The lowest BCUT2D eigenvalue weighted by atomic mass is 9.96. The molecule has 1 aliphatic rings. The largest absolute Gasteiger partial charge is 0.369 e. The van der Waals surface area contributed by atoms with Crippen LogP contribution in [-0.2, 0) is 17.6 Å². The van der Waals surface area contributed by atoms with Gasteiger partial charge in [-0.25, -0.2) is 4.98 Å². The highest BCUT2D eigenvalue weighted by atomic mass is 32.2. The van der Waals surface area contributed by atoms with E-state index in [1.807, 2.05) is 6.07 Å². The molecule has 0 saturated carbocycles. The highest BCUT2D eigenvalue weighted by molar-refractivity contribution is 7.99. The van der Waals surface area contributed by atoms with Gasteiger partial charge in [0.05, 0.1) is 11.3 Å². The van der Waals surface area contributed by atoms with Crippen molar-refractivity contribution in [3.63, 3.8) is 0 Å². The third-order valence-corrected chi connectivity index (χ3v) is 4.25. The molecule has 0 fully saturated rings. The summed E-state index contributed by atoms with van der Waals surface area (Å²) in [5.74, 6) is -0.220. The van der Waals surface area contributed by atoms with Gasteiger partial charge in [-0.2, -0.15) is 5.26 Å². The van der Waals surface area contributed by atoms with Gasteiger partial charge < -0.3 is 5.73 Å². The number of carbonyl (C=O) groups is 1. The van der Waals surface area contributed by atoms with Crippen molar-refractivity contribution in [1.82, 2.24) is 4.98 Å². The van der Waals surface area contributed by atoms with Crippen LogP contribution in [0.1, 0.15) is 42.5 Å². The van der Waals surface area contributed by atoms with Crippen LogP contribution >= 0.6 is 11.8 Å². The smallest absolute Gasteiger partial charge is 0.227 e. The van der Waals surface area contributed by atoms with Gasteiger partial charge in [-0.1, -0.05) is 24.6 Å². The van der Waals surface area contributed by atoms with Gasteiger partial charge in [-0.05, 0) is 37.3 Å². The number of nitrogens with zero attached hydrogens (tertiary/aromatic N) is 2. The molecule has 0 aliphatic heterocycles. The molecule has 4 nitrogen and oxygen atoms in total. The number of fused-ring (bicyclic) bond motifs is 1. The first-order valence-electron chi connectivity index (χ1n) is 6.54. The molecule has 2 rings (SSSR count). The number of aromatic nitrogens is 1. The predicted molar refractivity (Wildman–Crippen MR) is 74.7 cm³/mol. The van der Waals surface area contributed by atoms with Crippen molar-refractivity contribution in [2.75, 3.05) is 5.75 Å². The third-order valence-electron chi connectivity index (χ3n) is 3.24. The van der Waals surface area contributed by atoms with Crippen LogP contribution in [0.4, 0.5) is 0 Å². The number of hydrogen-bond donors (Lipinski definition) is 1. The maximum atomic E-state index is 10.9. The molecule has 1 heterocycles. The molecule has 0 aromatic carbocycles. The summed E-state index contributed by atoms with van der Waals surface area (Å²) in [7, 11) is 0. The standard InChI is InChI=1S/C14H17N3OS/c15-8-11-7-10-5-3-1-2-4-6-12(10)17-14(11)19-9-13(16)18/h7H,1-6,9H2,(H2,16,18). The molecule has 5 heteroatoms. The first kappa shape index (κ1) is 13.9. The van der Waals surface area contributed by atoms with Crippen molar-refractivity contribution in [2.24, 2.45) is 5.73 Å². The van der Waals surface area contributed by atoms with E-state index in [1.165, 1.54) is 30.2 Å². The van der Waals surface area contributed by atoms with Crippen LogP contribution < -0.4 is 5.73 Å². The number of hydrogen-bond acceptors (Lipinski definition) is 4. The maximum absolute atomic E-state index is 10.9. The van der Waals surface area contributed by atoms with Crippen LogP contribution in [0.5, 0.6) is 0 Å². The van der Waals surface area contributed by atoms with E-state index in [4.69, 9.17) is 5.73 Å². The minimum absolute atomic E-state index is 0.167. The minimum Gasteiger partial charge on any atom is -0.369 e. The van der Waals surface area contributed by atoms with Crippen molar-refractivity contribution < 1.29 is 4.79 Å². The van der Waals surface area contributed by atoms with Crippen LogP contribution in [0, 0.1) is 11.3 Å². The Bertz CT molecular complexity index is 522. The number of amides is 1. The van der Waals surface area contributed by atoms with Crippen LogP contribution in [0.25, 0.3) is 0 Å². The number of thioether (sulfide) groups is 1. The molecule has 0 atom stereocenters. The number of primary amides is 1. The van der Waals surface area contributed by atoms with E-state index < -0.39 is 0 Å². The van der Waals surface area contributed by atoms with Gasteiger partial charge in [0.25, 0.3) is 0 Å². The molecule has 0 radical (unpaired) electrons. The fourth-order valence-electron chi connectivity index (χ4n) is 2.30. The second kappa shape index (κ2) is 6.58. The van der Waals surface area contributed by atoms with Crippen LogP contribution in [0.3, 0.4) is 0 Å².